The third-order valence-corrected chi connectivity index (χ3v) is 4.68. The van der Waals surface area contributed by atoms with Crippen molar-refractivity contribution in [2.45, 2.75) is 11.5 Å². The van der Waals surface area contributed by atoms with Gasteiger partial charge in [0.2, 0.25) is 0 Å². The van der Waals surface area contributed by atoms with Crippen molar-refractivity contribution in [3.63, 3.8) is 0 Å². The van der Waals surface area contributed by atoms with Crippen LogP contribution in [0.5, 0.6) is 0 Å². The largest absolute Gasteiger partial charge is 0.398 e. The monoisotopic (exact) mass is 313 g/mol. The molecule has 0 amide bonds. The number of hydrogen-bond acceptors (Lipinski definition) is 3. The van der Waals surface area contributed by atoms with Crippen LogP contribution in [0, 0.1) is 5.82 Å². The molecule has 20 heavy (non-hydrogen) atoms. The summed E-state index contributed by atoms with van der Waals surface area (Å²) in [6.07, 6.45) is 0. The third-order valence-electron chi connectivity index (χ3n) is 2.81. The topological polar surface area (TPSA) is 60.2 Å². The number of sulfone groups is 1. The quantitative estimate of drug-likeness (QED) is 0.882. The van der Waals surface area contributed by atoms with Gasteiger partial charge in [-0.05, 0) is 35.4 Å². The lowest BCUT2D eigenvalue weighted by Gasteiger charge is -2.08. The number of benzene rings is 2. The molecule has 3 nitrogen and oxygen atoms in total. The molecular weight excluding hydrogens is 301 g/mol. The highest BCUT2D eigenvalue weighted by atomic mass is 35.5. The van der Waals surface area contributed by atoms with E-state index in [2.05, 4.69) is 0 Å². The van der Waals surface area contributed by atoms with Crippen molar-refractivity contribution < 1.29 is 12.8 Å². The summed E-state index contributed by atoms with van der Waals surface area (Å²) >= 11 is 5.94. The van der Waals surface area contributed by atoms with Gasteiger partial charge in [-0.15, -0.1) is 0 Å². The van der Waals surface area contributed by atoms with E-state index in [9.17, 15) is 12.8 Å². The van der Waals surface area contributed by atoms with E-state index in [4.69, 9.17) is 17.3 Å². The number of halogens is 2. The minimum absolute atomic E-state index is 0.206. The van der Waals surface area contributed by atoms with Gasteiger partial charge in [0.1, 0.15) is 5.82 Å². The second-order valence-electron chi connectivity index (χ2n) is 4.47. The molecule has 0 aliphatic rings. The lowest BCUT2D eigenvalue weighted by atomic mass is 10.2. The summed E-state index contributed by atoms with van der Waals surface area (Å²) in [6, 6.07) is 10.4. The molecule has 0 aromatic heterocycles. The summed E-state index contributed by atoms with van der Waals surface area (Å²) in [5.74, 6) is -1.04. The van der Waals surface area contributed by atoms with E-state index in [1.807, 2.05) is 0 Å². The first-order chi connectivity index (χ1) is 9.37. The molecule has 6 heteroatoms. The standard InChI is InChI=1S/C14H13ClFNO2S/c15-13-4-2-1-3-10(13)8-20(18,19)9-11-7-12(16)5-6-14(11)17/h1-7H,8-9,17H2. The van der Waals surface area contributed by atoms with E-state index in [-0.39, 0.29) is 22.8 Å². The Hall–Kier alpha value is -1.59. The summed E-state index contributed by atoms with van der Waals surface area (Å²) in [7, 11) is -3.48. The highest BCUT2D eigenvalue weighted by molar-refractivity contribution is 7.89. The Labute approximate surface area is 122 Å². The lowest BCUT2D eigenvalue weighted by molar-refractivity contribution is 0.594. The average Bonchev–Trinajstić information content (AvgIpc) is 2.36. The molecule has 0 spiro atoms. The number of nitrogen functional groups attached to an aromatic ring is 1. The molecule has 0 fully saturated rings. The van der Waals surface area contributed by atoms with Gasteiger partial charge in [0, 0.05) is 10.7 Å². The van der Waals surface area contributed by atoms with Crippen LogP contribution in [-0.4, -0.2) is 8.42 Å². The molecule has 106 valence electrons. The lowest BCUT2D eigenvalue weighted by Crippen LogP contribution is -2.10. The maximum atomic E-state index is 13.1. The zero-order valence-electron chi connectivity index (χ0n) is 10.5. The van der Waals surface area contributed by atoms with Crippen LogP contribution in [0.1, 0.15) is 11.1 Å². The van der Waals surface area contributed by atoms with Crippen LogP contribution in [0.4, 0.5) is 10.1 Å². The Kier molecular flexibility index (Phi) is 4.30. The van der Waals surface area contributed by atoms with Crippen LogP contribution in [-0.2, 0) is 21.3 Å². The van der Waals surface area contributed by atoms with Gasteiger partial charge in [0.25, 0.3) is 0 Å². The summed E-state index contributed by atoms with van der Waals surface area (Å²) in [5, 5.41) is 0.392. The van der Waals surface area contributed by atoms with Gasteiger partial charge in [0.15, 0.2) is 9.84 Å². The summed E-state index contributed by atoms with van der Waals surface area (Å²) in [5.41, 5.74) is 6.70. The van der Waals surface area contributed by atoms with E-state index in [1.54, 1.807) is 24.3 Å². The molecule has 2 N–H and O–H groups in total. The zero-order chi connectivity index (χ0) is 14.8. The molecule has 0 aliphatic heterocycles. The van der Waals surface area contributed by atoms with E-state index in [1.165, 1.54) is 12.1 Å². The van der Waals surface area contributed by atoms with Gasteiger partial charge in [0.05, 0.1) is 11.5 Å². The van der Waals surface area contributed by atoms with Gasteiger partial charge < -0.3 is 5.73 Å². The number of rotatable bonds is 4. The van der Waals surface area contributed by atoms with Crippen LogP contribution in [0.2, 0.25) is 5.02 Å². The normalized spacial score (nSPS) is 11.5. The number of nitrogens with two attached hydrogens (primary N) is 1. The minimum atomic E-state index is -3.48. The second kappa shape index (κ2) is 5.81. The van der Waals surface area contributed by atoms with Crippen LogP contribution in [0.25, 0.3) is 0 Å². The fourth-order valence-electron chi connectivity index (χ4n) is 1.84. The Bertz CT molecular complexity index is 732. The first-order valence-electron chi connectivity index (χ1n) is 5.85. The van der Waals surface area contributed by atoms with Crippen molar-refractivity contribution in [2.75, 3.05) is 5.73 Å². The van der Waals surface area contributed by atoms with Gasteiger partial charge in [-0.2, -0.15) is 0 Å². The first kappa shape index (κ1) is 14.8. The molecule has 0 aliphatic carbocycles. The van der Waals surface area contributed by atoms with Crippen LogP contribution >= 0.6 is 11.6 Å². The molecular formula is C14H13ClFNO2S. The second-order valence-corrected chi connectivity index (χ2v) is 6.94. The molecule has 2 aromatic rings. The van der Waals surface area contributed by atoms with Crippen molar-refractivity contribution in [3.05, 3.63) is 64.4 Å². The van der Waals surface area contributed by atoms with E-state index in [0.29, 0.717) is 10.6 Å². The number of hydrogen-bond donors (Lipinski definition) is 1. The van der Waals surface area contributed by atoms with E-state index in [0.717, 1.165) is 6.07 Å². The Morgan fingerprint density at radius 3 is 2.40 bits per heavy atom. The van der Waals surface area contributed by atoms with E-state index < -0.39 is 15.7 Å². The maximum absolute atomic E-state index is 13.1. The molecule has 0 radical (unpaired) electrons. The fraction of sp³-hybridized carbons (Fsp3) is 0.143. The third kappa shape index (κ3) is 3.71. The highest BCUT2D eigenvalue weighted by Crippen LogP contribution is 2.22. The average molecular weight is 314 g/mol. The van der Waals surface area contributed by atoms with Gasteiger partial charge >= 0.3 is 0 Å². The Morgan fingerprint density at radius 1 is 1.05 bits per heavy atom. The Balaban J connectivity index is 2.24. The molecule has 0 bridgehead atoms. The molecule has 2 aromatic carbocycles. The van der Waals surface area contributed by atoms with Gasteiger partial charge in [-0.25, -0.2) is 12.8 Å². The molecule has 0 saturated carbocycles. The van der Waals surface area contributed by atoms with Gasteiger partial charge in [-0.3, -0.25) is 0 Å². The Morgan fingerprint density at radius 2 is 1.70 bits per heavy atom. The minimum Gasteiger partial charge on any atom is -0.398 e. The van der Waals surface area contributed by atoms with Crippen molar-refractivity contribution in [2.24, 2.45) is 0 Å². The summed E-state index contributed by atoms with van der Waals surface area (Å²) < 4.78 is 37.4. The van der Waals surface area contributed by atoms with E-state index >= 15 is 0 Å². The smallest absolute Gasteiger partial charge is 0.158 e. The van der Waals surface area contributed by atoms with Crippen LogP contribution < -0.4 is 5.73 Å². The van der Waals surface area contributed by atoms with Crippen LogP contribution in [0.3, 0.4) is 0 Å². The molecule has 0 unspecified atom stereocenters. The van der Waals surface area contributed by atoms with Crippen molar-refractivity contribution >= 4 is 27.1 Å². The fourth-order valence-corrected chi connectivity index (χ4v) is 3.67. The van der Waals surface area contributed by atoms with Crippen molar-refractivity contribution in [1.82, 2.24) is 0 Å². The number of anilines is 1. The first-order valence-corrected chi connectivity index (χ1v) is 8.05. The van der Waals surface area contributed by atoms with Crippen LogP contribution in [0.15, 0.2) is 42.5 Å². The molecule has 2 rings (SSSR count). The van der Waals surface area contributed by atoms with Crippen molar-refractivity contribution in [3.8, 4) is 0 Å². The van der Waals surface area contributed by atoms with Gasteiger partial charge in [-0.1, -0.05) is 29.8 Å². The molecule has 0 atom stereocenters. The predicted molar refractivity (Wildman–Crippen MR) is 78.6 cm³/mol. The summed E-state index contributed by atoms with van der Waals surface area (Å²) in [4.78, 5) is 0. The summed E-state index contributed by atoms with van der Waals surface area (Å²) in [6.45, 7) is 0. The highest BCUT2D eigenvalue weighted by Gasteiger charge is 2.17. The zero-order valence-corrected chi connectivity index (χ0v) is 12.1. The maximum Gasteiger partial charge on any atom is 0.158 e. The molecule has 0 heterocycles. The molecule has 0 saturated heterocycles. The predicted octanol–water partition coefficient (Wildman–Crippen LogP) is 3.18. The SMILES string of the molecule is Nc1ccc(F)cc1CS(=O)(=O)Cc1ccccc1Cl. The van der Waals surface area contributed by atoms with Crippen molar-refractivity contribution in [1.29, 1.82) is 0 Å².